The maximum absolute atomic E-state index is 13.0. The molecule has 2 aromatic rings. The number of methoxy groups -OCH3 is 1. The Kier molecular flexibility index (Phi) is 6.97. The van der Waals surface area contributed by atoms with E-state index in [-0.39, 0.29) is 34.8 Å². The van der Waals surface area contributed by atoms with Crippen molar-refractivity contribution in [2.45, 2.75) is 26.1 Å². The van der Waals surface area contributed by atoms with E-state index in [1.54, 1.807) is 6.92 Å². The van der Waals surface area contributed by atoms with Crippen molar-refractivity contribution >= 4 is 34.0 Å². The number of amides is 2. The fraction of sp³-hybridized carbons (Fsp3) is 0.353. The predicted octanol–water partition coefficient (Wildman–Crippen LogP) is 3.79. The summed E-state index contributed by atoms with van der Waals surface area (Å²) in [6.07, 6.45) is -5.04. The second kappa shape index (κ2) is 9.02. The number of carbonyl (C=O) groups excluding carboxylic acids is 2. The summed E-state index contributed by atoms with van der Waals surface area (Å²) in [5, 5.41) is 6.38. The molecule has 28 heavy (non-hydrogen) atoms. The maximum Gasteiger partial charge on any atom is 0.416 e. The van der Waals surface area contributed by atoms with Crippen LogP contribution in [-0.4, -0.2) is 36.6 Å². The Hall–Kier alpha value is -2.66. The molecule has 0 fully saturated rings. The fourth-order valence-corrected chi connectivity index (χ4v) is 2.90. The molecule has 0 unspecified atom stereocenters. The molecule has 1 aromatic carbocycles. The molecule has 2 N–H and O–H groups in total. The van der Waals surface area contributed by atoms with Crippen LogP contribution in [0.25, 0.3) is 0 Å². The average Bonchev–Trinajstić information content (AvgIpc) is 3.03. The number of benzene rings is 1. The maximum atomic E-state index is 13.0. The number of nitrogens with one attached hydrogen (secondary N) is 2. The SMILES string of the molecule is COC[C@@H](C)Oc1ccc(C(F)(F)F)cc1NC(=O)c1csc(NC(C)=O)n1. The largest absolute Gasteiger partial charge is 0.486 e. The Labute approximate surface area is 162 Å². The molecule has 0 bridgehead atoms. The van der Waals surface area contributed by atoms with Crippen molar-refractivity contribution in [1.29, 1.82) is 0 Å². The first kappa shape index (κ1) is 21.6. The number of nitrogens with zero attached hydrogens (tertiary/aromatic N) is 1. The van der Waals surface area contributed by atoms with E-state index in [1.807, 2.05) is 0 Å². The van der Waals surface area contributed by atoms with E-state index in [0.717, 1.165) is 29.5 Å². The summed E-state index contributed by atoms with van der Waals surface area (Å²) in [5.41, 5.74) is -1.15. The zero-order chi connectivity index (χ0) is 20.9. The molecule has 0 radical (unpaired) electrons. The van der Waals surface area contributed by atoms with Crippen molar-refractivity contribution in [3.05, 3.63) is 34.8 Å². The van der Waals surface area contributed by atoms with E-state index in [4.69, 9.17) is 9.47 Å². The lowest BCUT2D eigenvalue weighted by Gasteiger charge is -2.18. The molecular weight excluding hydrogens is 399 g/mol. The van der Waals surface area contributed by atoms with Gasteiger partial charge in [-0.1, -0.05) is 0 Å². The Morgan fingerprint density at radius 3 is 2.61 bits per heavy atom. The van der Waals surface area contributed by atoms with Crippen LogP contribution in [-0.2, 0) is 15.7 Å². The first-order valence-electron chi connectivity index (χ1n) is 8.01. The van der Waals surface area contributed by atoms with Crippen LogP contribution < -0.4 is 15.4 Å². The van der Waals surface area contributed by atoms with Gasteiger partial charge in [-0.25, -0.2) is 4.98 Å². The van der Waals surface area contributed by atoms with Gasteiger partial charge in [0, 0.05) is 19.4 Å². The number of aromatic nitrogens is 1. The van der Waals surface area contributed by atoms with Crippen molar-refractivity contribution < 1.29 is 32.2 Å². The second-order valence-electron chi connectivity index (χ2n) is 5.77. The highest BCUT2D eigenvalue weighted by molar-refractivity contribution is 7.14. The molecule has 152 valence electrons. The van der Waals surface area contributed by atoms with Gasteiger partial charge < -0.3 is 20.1 Å². The minimum Gasteiger partial charge on any atom is -0.486 e. The van der Waals surface area contributed by atoms with Gasteiger partial charge in [0.05, 0.1) is 17.9 Å². The lowest BCUT2D eigenvalue weighted by Crippen LogP contribution is -2.20. The number of ether oxygens (including phenoxy) is 2. The molecule has 1 heterocycles. The molecule has 11 heteroatoms. The highest BCUT2D eigenvalue weighted by atomic mass is 32.1. The van der Waals surface area contributed by atoms with Gasteiger partial charge >= 0.3 is 6.18 Å². The molecular formula is C17H18F3N3O4S. The molecule has 7 nitrogen and oxygen atoms in total. The lowest BCUT2D eigenvalue weighted by molar-refractivity contribution is -0.137. The van der Waals surface area contributed by atoms with Crippen LogP contribution in [0.2, 0.25) is 0 Å². The van der Waals surface area contributed by atoms with Crippen molar-refractivity contribution in [3.63, 3.8) is 0 Å². The van der Waals surface area contributed by atoms with Gasteiger partial charge in [-0.05, 0) is 25.1 Å². The second-order valence-corrected chi connectivity index (χ2v) is 6.62. The minimum absolute atomic E-state index is 0.0537. The van der Waals surface area contributed by atoms with Crippen molar-refractivity contribution in [3.8, 4) is 5.75 Å². The fourth-order valence-electron chi connectivity index (χ4n) is 2.16. The van der Waals surface area contributed by atoms with Crippen LogP contribution in [0, 0.1) is 0 Å². The van der Waals surface area contributed by atoms with Gasteiger partial charge in [0.2, 0.25) is 5.91 Å². The van der Waals surface area contributed by atoms with Gasteiger partial charge in [0.25, 0.3) is 5.91 Å². The third-order valence-corrected chi connectivity index (χ3v) is 4.06. The molecule has 0 aliphatic heterocycles. The third-order valence-electron chi connectivity index (χ3n) is 3.30. The molecule has 1 aromatic heterocycles. The molecule has 1 atom stereocenters. The topological polar surface area (TPSA) is 89.5 Å². The van der Waals surface area contributed by atoms with E-state index in [9.17, 15) is 22.8 Å². The van der Waals surface area contributed by atoms with Gasteiger partial charge in [-0.3, -0.25) is 9.59 Å². The molecule has 0 spiro atoms. The summed E-state index contributed by atoms with van der Waals surface area (Å²) in [6, 6.07) is 2.78. The Morgan fingerprint density at radius 1 is 1.29 bits per heavy atom. The number of rotatable bonds is 7. The normalized spacial score (nSPS) is 12.4. The molecule has 2 rings (SSSR count). The molecule has 0 aliphatic carbocycles. The number of carbonyl (C=O) groups is 2. The summed E-state index contributed by atoms with van der Waals surface area (Å²) in [4.78, 5) is 27.4. The first-order valence-corrected chi connectivity index (χ1v) is 8.89. The van der Waals surface area contributed by atoms with Crippen LogP contribution >= 0.6 is 11.3 Å². The number of halogens is 3. The number of anilines is 2. The van der Waals surface area contributed by atoms with Gasteiger partial charge in [-0.15, -0.1) is 11.3 Å². The van der Waals surface area contributed by atoms with E-state index in [0.29, 0.717) is 0 Å². The number of hydrogen-bond donors (Lipinski definition) is 2. The standard InChI is InChI=1S/C17H18F3N3O4S/c1-9(7-26-3)27-14-5-4-11(17(18,19)20)6-12(14)22-15(25)13-8-28-16(23-13)21-10(2)24/h4-6,8-9H,7H2,1-3H3,(H,22,25)(H,21,23,24)/t9-/m1/s1. The number of hydrogen-bond acceptors (Lipinski definition) is 6. The first-order chi connectivity index (χ1) is 13.1. The van der Waals surface area contributed by atoms with Crippen molar-refractivity contribution in [2.24, 2.45) is 0 Å². The molecule has 0 saturated carbocycles. The predicted molar refractivity (Wildman–Crippen MR) is 97.8 cm³/mol. The summed E-state index contributed by atoms with van der Waals surface area (Å²) in [7, 11) is 1.46. The zero-order valence-electron chi connectivity index (χ0n) is 15.2. The van der Waals surface area contributed by atoms with E-state index in [1.165, 1.54) is 19.4 Å². The van der Waals surface area contributed by atoms with E-state index >= 15 is 0 Å². The van der Waals surface area contributed by atoms with Crippen molar-refractivity contribution in [1.82, 2.24) is 4.98 Å². The van der Waals surface area contributed by atoms with E-state index < -0.39 is 23.8 Å². The molecule has 0 aliphatic rings. The molecule has 0 saturated heterocycles. The monoisotopic (exact) mass is 417 g/mol. The van der Waals surface area contributed by atoms with Crippen LogP contribution in [0.5, 0.6) is 5.75 Å². The van der Waals surface area contributed by atoms with Crippen LogP contribution in [0.4, 0.5) is 24.0 Å². The Bertz CT molecular complexity index is 854. The van der Waals surface area contributed by atoms with Crippen molar-refractivity contribution in [2.75, 3.05) is 24.4 Å². The van der Waals surface area contributed by atoms with Crippen LogP contribution in [0.3, 0.4) is 0 Å². The Balaban J connectivity index is 2.28. The van der Waals surface area contributed by atoms with Gasteiger partial charge in [-0.2, -0.15) is 13.2 Å². The number of alkyl halides is 3. The zero-order valence-corrected chi connectivity index (χ0v) is 16.0. The third kappa shape index (κ3) is 5.92. The summed E-state index contributed by atoms with van der Waals surface area (Å²) in [6.45, 7) is 3.17. The van der Waals surface area contributed by atoms with E-state index in [2.05, 4.69) is 15.6 Å². The van der Waals surface area contributed by atoms with Gasteiger partial charge in [0.1, 0.15) is 17.5 Å². The summed E-state index contributed by atoms with van der Waals surface area (Å²) in [5.74, 6) is -1.04. The quantitative estimate of drug-likeness (QED) is 0.716. The summed E-state index contributed by atoms with van der Waals surface area (Å²) >= 11 is 1.01. The minimum atomic E-state index is -4.59. The van der Waals surface area contributed by atoms with Crippen LogP contribution in [0.1, 0.15) is 29.9 Å². The molecule has 2 amide bonds. The highest BCUT2D eigenvalue weighted by Crippen LogP contribution is 2.35. The lowest BCUT2D eigenvalue weighted by atomic mass is 10.1. The van der Waals surface area contributed by atoms with Crippen LogP contribution in [0.15, 0.2) is 23.6 Å². The highest BCUT2D eigenvalue weighted by Gasteiger charge is 2.31. The van der Waals surface area contributed by atoms with Gasteiger partial charge in [0.15, 0.2) is 5.13 Å². The average molecular weight is 417 g/mol. The summed E-state index contributed by atoms with van der Waals surface area (Å²) < 4.78 is 49.6. The number of thiazole rings is 1. The Morgan fingerprint density at radius 2 is 2.00 bits per heavy atom. The smallest absolute Gasteiger partial charge is 0.416 e.